The van der Waals surface area contributed by atoms with Crippen molar-refractivity contribution in [2.75, 3.05) is 0 Å². The van der Waals surface area contributed by atoms with Gasteiger partial charge in [0.15, 0.2) is 0 Å². The lowest BCUT2D eigenvalue weighted by molar-refractivity contribution is -0.122. The maximum absolute atomic E-state index is 8.36. The Morgan fingerprint density at radius 2 is 1.64 bits per heavy atom. The van der Waals surface area contributed by atoms with Crippen molar-refractivity contribution in [2.45, 2.75) is 0 Å². The molecule has 0 aliphatic heterocycles. The number of halogens is 2. The first kappa shape index (κ1) is 10.7. The molecule has 0 amide bonds. The Morgan fingerprint density at radius 1 is 1.27 bits per heavy atom. The minimum atomic E-state index is -0.250. The van der Waals surface area contributed by atoms with Crippen molar-refractivity contribution in [3.63, 3.8) is 0 Å². The van der Waals surface area contributed by atoms with Crippen LogP contribution in [0.5, 0.6) is 0 Å². The summed E-state index contributed by atoms with van der Waals surface area (Å²) in [5, 5.41) is 6.89. The Hall–Kier alpha value is -0.350. The van der Waals surface area contributed by atoms with Crippen LogP contribution >= 0.6 is 31.9 Å². The van der Waals surface area contributed by atoms with Gasteiger partial charge in [0.25, 0.3) is 6.47 Å². The Labute approximate surface area is 81.5 Å². The van der Waals surface area contributed by atoms with E-state index in [1.807, 2.05) is 24.3 Å². The van der Waals surface area contributed by atoms with Crippen LogP contribution in [0, 0.1) is 0 Å². The molecular formula is C7H6Br2O2. The smallest absolute Gasteiger partial charge is 0.290 e. The summed E-state index contributed by atoms with van der Waals surface area (Å²) in [4.78, 5) is 8.36. The zero-order valence-corrected chi connectivity index (χ0v) is 8.67. The van der Waals surface area contributed by atoms with Crippen LogP contribution in [0.15, 0.2) is 33.2 Å². The van der Waals surface area contributed by atoms with Crippen molar-refractivity contribution in [1.82, 2.24) is 0 Å². The van der Waals surface area contributed by atoms with E-state index in [2.05, 4.69) is 31.9 Å². The standard InChI is InChI=1S/C6H4Br2.CH2O2/c7-5-2-1-3-6(8)4-5;2-1-3/h1-4H;1H,(H,2,3). The largest absolute Gasteiger partial charge is 0.483 e. The van der Waals surface area contributed by atoms with Gasteiger partial charge < -0.3 is 5.11 Å². The highest BCUT2D eigenvalue weighted by Crippen LogP contribution is 2.15. The number of carbonyl (C=O) groups is 1. The molecule has 11 heavy (non-hydrogen) atoms. The van der Waals surface area contributed by atoms with Crippen LogP contribution in [0.25, 0.3) is 0 Å². The van der Waals surface area contributed by atoms with Crippen molar-refractivity contribution in [3.05, 3.63) is 33.2 Å². The highest BCUT2D eigenvalue weighted by molar-refractivity contribution is 9.11. The molecule has 0 heterocycles. The molecule has 4 heteroatoms. The van der Waals surface area contributed by atoms with Gasteiger partial charge in [-0.1, -0.05) is 37.9 Å². The summed E-state index contributed by atoms with van der Waals surface area (Å²) < 4.78 is 2.21. The Bertz CT molecular complexity index is 208. The highest BCUT2D eigenvalue weighted by atomic mass is 79.9. The molecule has 1 aromatic rings. The van der Waals surface area contributed by atoms with Gasteiger partial charge in [0.1, 0.15) is 0 Å². The fraction of sp³-hybridized carbons (Fsp3) is 0. The minimum Gasteiger partial charge on any atom is -0.483 e. The third kappa shape index (κ3) is 6.06. The van der Waals surface area contributed by atoms with Crippen molar-refractivity contribution in [2.24, 2.45) is 0 Å². The third-order valence-corrected chi connectivity index (χ3v) is 1.77. The van der Waals surface area contributed by atoms with Crippen LogP contribution in [0.2, 0.25) is 0 Å². The number of rotatable bonds is 0. The maximum atomic E-state index is 8.36. The average molecular weight is 282 g/mol. The number of hydrogen-bond donors (Lipinski definition) is 1. The zero-order chi connectivity index (χ0) is 8.69. The summed E-state index contributed by atoms with van der Waals surface area (Å²) in [5.41, 5.74) is 0. The number of hydrogen-bond acceptors (Lipinski definition) is 1. The van der Waals surface area contributed by atoms with Crippen LogP contribution in [-0.4, -0.2) is 11.6 Å². The Balaban J connectivity index is 0.000000292. The lowest BCUT2D eigenvalue weighted by atomic mass is 10.4. The van der Waals surface area contributed by atoms with E-state index >= 15 is 0 Å². The summed E-state index contributed by atoms with van der Waals surface area (Å²) in [7, 11) is 0. The molecule has 2 nitrogen and oxygen atoms in total. The van der Waals surface area contributed by atoms with Gasteiger partial charge in [-0.15, -0.1) is 0 Å². The predicted octanol–water partition coefficient (Wildman–Crippen LogP) is 2.91. The van der Waals surface area contributed by atoms with Gasteiger partial charge in [-0.25, -0.2) is 0 Å². The lowest BCUT2D eigenvalue weighted by Gasteiger charge is -1.87. The van der Waals surface area contributed by atoms with Crippen molar-refractivity contribution >= 4 is 38.3 Å². The molecule has 0 fully saturated rings. The molecule has 0 unspecified atom stereocenters. The normalized spacial score (nSPS) is 7.82. The van der Waals surface area contributed by atoms with E-state index in [0.29, 0.717) is 0 Å². The molecule has 0 saturated heterocycles. The number of benzene rings is 1. The highest BCUT2D eigenvalue weighted by Gasteiger charge is 1.84. The van der Waals surface area contributed by atoms with Crippen molar-refractivity contribution < 1.29 is 9.90 Å². The van der Waals surface area contributed by atoms with Gasteiger partial charge in [0.05, 0.1) is 0 Å². The van der Waals surface area contributed by atoms with Gasteiger partial charge in [-0.05, 0) is 18.2 Å². The molecule has 0 aliphatic carbocycles. The molecule has 1 aromatic carbocycles. The summed E-state index contributed by atoms with van der Waals surface area (Å²) in [6.45, 7) is -0.250. The first-order valence-corrected chi connectivity index (χ1v) is 4.28. The molecule has 0 saturated carbocycles. The average Bonchev–Trinajstić information content (AvgIpc) is 1.88. The Kier molecular flexibility index (Phi) is 6.16. The van der Waals surface area contributed by atoms with Gasteiger partial charge in [0, 0.05) is 8.95 Å². The van der Waals surface area contributed by atoms with Gasteiger partial charge in [-0.2, -0.15) is 0 Å². The SMILES string of the molecule is Brc1cccc(Br)c1.O=CO. The molecule has 0 atom stereocenters. The Morgan fingerprint density at radius 3 is 1.82 bits per heavy atom. The summed E-state index contributed by atoms with van der Waals surface area (Å²) in [5.74, 6) is 0. The monoisotopic (exact) mass is 280 g/mol. The van der Waals surface area contributed by atoms with Crippen LogP contribution in [0.3, 0.4) is 0 Å². The van der Waals surface area contributed by atoms with Crippen molar-refractivity contribution in [1.29, 1.82) is 0 Å². The van der Waals surface area contributed by atoms with E-state index in [-0.39, 0.29) is 6.47 Å². The van der Waals surface area contributed by atoms with Gasteiger partial charge >= 0.3 is 0 Å². The third-order valence-electron chi connectivity index (χ3n) is 0.787. The van der Waals surface area contributed by atoms with E-state index in [1.54, 1.807) is 0 Å². The van der Waals surface area contributed by atoms with Crippen LogP contribution < -0.4 is 0 Å². The van der Waals surface area contributed by atoms with E-state index in [1.165, 1.54) is 0 Å². The topological polar surface area (TPSA) is 37.3 Å². The fourth-order valence-electron chi connectivity index (χ4n) is 0.460. The summed E-state index contributed by atoms with van der Waals surface area (Å²) in [6, 6.07) is 7.96. The fourth-order valence-corrected chi connectivity index (χ4v) is 1.57. The molecule has 1 N–H and O–H groups in total. The second-order valence-electron chi connectivity index (χ2n) is 1.55. The first-order valence-electron chi connectivity index (χ1n) is 2.69. The second-order valence-corrected chi connectivity index (χ2v) is 3.38. The first-order chi connectivity index (χ1) is 5.20. The molecule has 0 aliphatic rings. The minimum absolute atomic E-state index is 0.250. The van der Waals surface area contributed by atoms with Gasteiger partial charge in [0.2, 0.25) is 0 Å². The van der Waals surface area contributed by atoms with Crippen molar-refractivity contribution in [3.8, 4) is 0 Å². The van der Waals surface area contributed by atoms with Gasteiger partial charge in [-0.3, -0.25) is 4.79 Å². The maximum Gasteiger partial charge on any atom is 0.290 e. The molecular weight excluding hydrogens is 276 g/mol. The van der Waals surface area contributed by atoms with E-state index < -0.39 is 0 Å². The quantitative estimate of drug-likeness (QED) is 0.743. The summed E-state index contributed by atoms with van der Waals surface area (Å²) in [6.07, 6.45) is 0. The van der Waals surface area contributed by atoms with Crippen LogP contribution in [0.1, 0.15) is 0 Å². The molecule has 0 bridgehead atoms. The second kappa shape index (κ2) is 6.37. The predicted molar refractivity (Wildman–Crippen MR) is 50.5 cm³/mol. The van der Waals surface area contributed by atoms with Crippen LogP contribution in [-0.2, 0) is 4.79 Å². The van der Waals surface area contributed by atoms with E-state index in [4.69, 9.17) is 9.90 Å². The molecule has 1 rings (SSSR count). The van der Waals surface area contributed by atoms with E-state index in [0.717, 1.165) is 8.95 Å². The molecule has 60 valence electrons. The zero-order valence-electron chi connectivity index (χ0n) is 5.50. The molecule has 0 spiro atoms. The molecule has 0 aromatic heterocycles. The number of carboxylic acid groups (broad SMARTS) is 1. The van der Waals surface area contributed by atoms with Crippen LogP contribution in [0.4, 0.5) is 0 Å². The lowest BCUT2D eigenvalue weighted by Crippen LogP contribution is -1.61. The summed E-state index contributed by atoms with van der Waals surface area (Å²) >= 11 is 6.66. The van der Waals surface area contributed by atoms with E-state index in [9.17, 15) is 0 Å². The molecule has 0 radical (unpaired) electrons.